The molecule has 5 nitrogen and oxygen atoms in total. The van der Waals surface area contributed by atoms with Crippen LogP contribution in [0.1, 0.15) is 0 Å². The Morgan fingerprint density at radius 3 is 2.53 bits per heavy atom. The summed E-state index contributed by atoms with van der Waals surface area (Å²) in [6, 6.07) is 1.74. The van der Waals surface area contributed by atoms with Gasteiger partial charge in [-0.15, -0.1) is 0 Å². The fourth-order valence-electron chi connectivity index (χ4n) is 1.75. The zero-order chi connectivity index (χ0) is 12.4. The van der Waals surface area contributed by atoms with E-state index in [2.05, 4.69) is 0 Å². The van der Waals surface area contributed by atoms with Gasteiger partial charge in [0.05, 0.1) is 18.1 Å². The molecule has 2 rings (SSSR count). The second-order valence-electron chi connectivity index (χ2n) is 3.59. The van der Waals surface area contributed by atoms with Gasteiger partial charge in [0.15, 0.2) is 0 Å². The molecule has 1 heterocycles. The Morgan fingerprint density at radius 1 is 1.29 bits per heavy atom. The van der Waals surface area contributed by atoms with Crippen LogP contribution in [0.15, 0.2) is 12.1 Å². The van der Waals surface area contributed by atoms with Gasteiger partial charge in [-0.05, 0) is 6.07 Å². The van der Waals surface area contributed by atoms with E-state index in [0.717, 1.165) is 12.1 Å². The number of nitro benzene ring substituents is 1. The maximum atomic E-state index is 13.8. The Hall–Kier alpha value is -1.76. The van der Waals surface area contributed by atoms with Crippen molar-refractivity contribution in [2.75, 3.05) is 31.2 Å². The largest absolute Gasteiger partial charge is 0.378 e. The summed E-state index contributed by atoms with van der Waals surface area (Å²) in [5, 5.41) is 10.6. The lowest BCUT2D eigenvalue weighted by atomic mass is 10.2. The van der Waals surface area contributed by atoms with E-state index < -0.39 is 22.2 Å². The zero-order valence-corrected chi connectivity index (χ0v) is 8.86. The number of halogens is 2. The number of morpholine rings is 1. The smallest absolute Gasteiger partial charge is 0.307 e. The van der Waals surface area contributed by atoms with Gasteiger partial charge < -0.3 is 9.64 Å². The number of nitro groups is 1. The molecule has 0 aromatic heterocycles. The number of hydrogen-bond donors (Lipinski definition) is 0. The van der Waals surface area contributed by atoms with Gasteiger partial charge in [-0.25, -0.2) is 4.39 Å². The van der Waals surface area contributed by atoms with Crippen LogP contribution in [0, 0.1) is 21.7 Å². The minimum absolute atomic E-state index is 0.314. The lowest BCUT2D eigenvalue weighted by Gasteiger charge is -2.29. The van der Waals surface area contributed by atoms with Crippen molar-refractivity contribution in [3.8, 4) is 0 Å². The minimum atomic E-state index is -1.13. The molecule has 1 saturated heterocycles. The fourth-order valence-corrected chi connectivity index (χ4v) is 1.75. The molecule has 0 aliphatic carbocycles. The van der Waals surface area contributed by atoms with E-state index in [1.54, 1.807) is 0 Å². The highest BCUT2D eigenvalue weighted by Gasteiger charge is 2.26. The first-order valence-corrected chi connectivity index (χ1v) is 5.06. The van der Waals surface area contributed by atoms with Crippen LogP contribution in [0.2, 0.25) is 0 Å². The molecule has 0 bridgehead atoms. The van der Waals surface area contributed by atoms with Crippen LogP contribution in [0.25, 0.3) is 0 Å². The van der Waals surface area contributed by atoms with E-state index in [0.29, 0.717) is 26.3 Å². The molecule has 0 atom stereocenters. The molecular weight excluding hydrogens is 234 g/mol. The molecule has 0 radical (unpaired) electrons. The molecule has 1 aliphatic rings. The normalized spacial score (nSPS) is 16.0. The van der Waals surface area contributed by atoms with Gasteiger partial charge >= 0.3 is 5.69 Å². The number of ether oxygens (including phenoxy) is 1. The summed E-state index contributed by atoms with van der Waals surface area (Å²) >= 11 is 0. The van der Waals surface area contributed by atoms with E-state index >= 15 is 0 Å². The summed E-state index contributed by atoms with van der Waals surface area (Å²) in [4.78, 5) is 11.1. The zero-order valence-electron chi connectivity index (χ0n) is 8.86. The Morgan fingerprint density at radius 2 is 1.94 bits per heavy atom. The highest BCUT2D eigenvalue weighted by molar-refractivity contribution is 5.56. The average molecular weight is 244 g/mol. The lowest BCUT2D eigenvalue weighted by Crippen LogP contribution is -2.37. The fraction of sp³-hybridized carbons (Fsp3) is 0.400. The van der Waals surface area contributed by atoms with Crippen LogP contribution in [-0.2, 0) is 4.74 Å². The molecule has 1 aliphatic heterocycles. The van der Waals surface area contributed by atoms with Crippen LogP contribution in [0.4, 0.5) is 20.2 Å². The van der Waals surface area contributed by atoms with E-state index in [4.69, 9.17) is 4.74 Å². The number of rotatable bonds is 2. The van der Waals surface area contributed by atoms with Crippen LogP contribution in [0.5, 0.6) is 0 Å². The summed E-state index contributed by atoms with van der Waals surface area (Å²) in [6.07, 6.45) is 0. The van der Waals surface area contributed by atoms with Crippen molar-refractivity contribution in [2.45, 2.75) is 0 Å². The Bertz CT molecular complexity index is 447. The Balaban J connectivity index is 2.43. The van der Waals surface area contributed by atoms with Gasteiger partial charge in [-0.2, -0.15) is 4.39 Å². The third-order valence-corrected chi connectivity index (χ3v) is 2.57. The van der Waals surface area contributed by atoms with Crippen molar-refractivity contribution in [3.05, 3.63) is 33.9 Å². The standard InChI is InChI=1S/C10H10F2N2O3/c11-7-1-2-8(14(15)16)9(12)10(7)13-3-5-17-6-4-13/h1-2H,3-6H2. The number of nitrogens with zero attached hydrogens (tertiary/aromatic N) is 2. The van der Waals surface area contributed by atoms with Crippen LogP contribution in [0.3, 0.4) is 0 Å². The van der Waals surface area contributed by atoms with Gasteiger partial charge in [-0.1, -0.05) is 0 Å². The SMILES string of the molecule is O=[N+]([O-])c1ccc(F)c(N2CCOCC2)c1F. The molecule has 0 amide bonds. The summed E-state index contributed by atoms with van der Waals surface area (Å²) in [6.45, 7) is 1.33. The highest BCUT2D eigenvalue weighted by atomic mass is 19.1. The maximum Gasteiger partial charge on any atom is 0.307 e. The number of anilines is 1. The lowest BCUT2D eigenvalue weighted by molar-refractivity contribution is -0.387. The van der Waals surface area contributed by atoms with Crippen molar-refractivity contribution in [1.29, 1.82) is 0 Å². The van der Waals surface area contributed by atoms with Crippen molar-refractivity contribution in [1.82, 2.24) is 0 Å². The maximum absolute atomic E-state index is 13.8. The van der Waals surface area contributed by atoms with Crippen LogP contribution < -0.4 is 4.90 Å². The van der Waals surface area contributed by atoms with Crippen molar-refractivity contribution in [3.63, 3.8) is 0 Å². The van der Waals surface area contributed by atoms with E-state index in [1.165, 1.54) is 4.90 Å². The first kappa shape index (κ1) is 11.7. The first-order chi connectivity index (χ1) is 8.11. The molecule has 0 saturated carbocycles. The third-order valence-electron chi connectivity index (χ3n) is 2.57. The molecule has 7 heteroatoms. The summed E-state index contributed by atoms with van der Waals surface area (Å²) in [7, 11) is 0. The molecule has 0 spiro atoms. The topological polar surface area (TPSA) is 55.6 Å². The second-order valence-corrected chi connectivity index (χ2v) is 3.59. The minimum Gasteiger partial charge on any atom is -0.378 e. The highest BCUT2D eigenvalue weighted by Crippen LogP contribution is 2.30. The molecule has 1 aromatic rings. The summed E-state index contributed by atoms with van der Waals surface area (Å²) in [5.41, 5.74) is -1.06. The monoisotopic (exact) mass is 244 g/mol. The van der Waals surface area contributed by atoms with Crippen molar-refractivity contribution < 1.29 is 18.4 Å². The molecule has 0 unspecified atom stereocenters. The van der Waals surface area contributed by atoms with Gasteiger partial charge in [0.2, 0.25) is 5.82 Å². The van der Waals surface area contributed by atoms with Gasteiger partial charge in [0.1, 0.15) is 11.5 Å². The molecule has 1 fully saturated rings. The number of hydrogen-bond acceptors (Lipinski definition) is 4. The van der Waals surface area contributed by atoms with E-state index in [9.17, 15) is 18.9 Å². The van der Waals surface area contributed by atoms with E-state index in [1.807, 2.05) is 0 Å². The van der Waals surface area contributed by atoms with Gasteiger partial charge in [-0.3, -0.25) is 10.1 Å². The second kappa shape index (κ2) is 4.62. The van der Waals surface area contributed by atoms with Gasteiger partial charge in [0, 0.05) is 19.2 Å². The Kier molecular flexibility index (Phi) is 3.19. The average Bonchev–Trinajstić information content (AvgIpc) is 2.30. The number of benzene rings is 1. The molecule has 1 aromatic carbocycles. The van der Waals surface area contributed by atoms with E-state index in [-0.39, 0.29) is 5.69 Å². The van der Waals surface area contributed by atoms with Gasteiger partial charge in [0.25, 0.3) is 0 Å². The molecular formula is C10H10F2N2O3. The molecule has 17 heavy (non-hydrogen) atoms. The predicted molar refractivity (Wildman–Crippen MR) is 56.0 cm³/mol. The first-order valence-electron chi connectivity index (χ1n) is 5.06. The predicted octanol–water partition coefficient (Wildman–Crippen LogP) is 1.71. The molecule has 0 N–H and O–H groups in total. The molecule has 92 valence electrons. The Labute approximate surface area is 95.7 Å². The van der Waals surface area contributed by atoms with Crippen molar-refractivity contribution >= 4 is 11.4 Å². The van der Waals surface area contributed by atoms with Crippen LogP contribution >= 0.6 is 0 Å². The third kappa shape index (κ3) is 2.19. The van der Waals surface area contributed by atoms with Crippen LogP contribution in [-0.4, -0.2) is 31.2 Å². The quantitative estimate of drug-likeness (QED) is 0.587. The summed E-state index contributed by atoms with van der Waals surface area (Å²) < 4.78 is 32.4. The summed E-state index contributed by atoms with van der Waals surface area (Å²) in [5.74, 6) is -1.92. The van der Waals surface area contributed by atoms with Crippen molar-refractivity contribution in [2.24, 2.45) is 0 Å².